The molecule has 0 fully saturated rings. The Bertz CT molecular complexity index is 648. The second-order valence-electron chi connectivity index (χ2n) is 6.16. The lowest BCUT2D eigenvalue weighted by Crippen LogP contribution is -2.20. The number of amides is 1. The van der Waals surface area contributed by atoms with Crippen molar-refractivity contribution < 1.29 is 9.53 Å². The highest BCUT2D eigenvalue weighted by molar-refractivity contribution is 5.92. The van der Waals surface area contributed by atoms with Gasteiger partial charge in [0.1, 0.15) is 5.75 Å². The number of nitrogens with zero attached hydrogens (tertiary/aromatic N) is 1. The largest absolute Gasteiger partial charge is 0.484 e. The fourth-order valence-electron chi connectivity index (χ4n) is 2.32. The lowest BCUT2D eigenvalue weighted by Gasteiger charge is -2.13. The zero-order chi connectivity index (χ0) is 17.5. The average molecular weight is 326 g/mol. The summed E-state index contributed by atoms with van der Waals surface area (Å²) in [6, 6.07) is 15.6. The Morgan fingerprint density at radius 2 is 1.71 bits per heavy atom. The van der Waals surface area contributed by atoms with E-state index in [0.717, 1.165) is 17.8 Å². The van der Waals surface area contributed by atoms with Crippen molar-refractivity contribution in [2.45, 2.75) is 26.2 Å². The Morgan fingerprint density at radius 3 is 2.25 bits per heavy atom. The molecule has 24 heavy (non-hydrogen) atoms. The van der Waals surface area contributed by atoms with Gasteiger partial charge in [0.15, 0.2) is 6.61 Å². The molecule has 0 aromatic heterocycles. The van der Waals surface area contributed by atoms with E-state index in [1.807, 2.05) is 55.4 Å². The van der Waals surface area contributed by atoms with Gasteiger partial charge in [-0.3, -0.25) is 4.79 Å². The van der Waals surface area contributed by atoms with Crippen molar-refractivity contribution in [2.75, 3.05) is 30.9 Å². The van der Waals surface area contributed by atoms with Crippen LogP contribution in [0.3, 0.4) is 0 Å². The molecule has 0 saturated carbocycles. The van der Waals surface area contributed by atoms with Gasteiger partial charge in [0.25, 0.3) is 5.91 Å². The summed E-state index contributed by atoms with van der Waals surface area (Å²) in [4.78, 5) is 14.0. The molecule has 0 aliphatic rings. The number of ether oxygens (including phenoxy) is 1. The highest BCUT2D eigenvalue weighted by atomic mass is 16.5. The number of hydrogen-bond donors (Lipinski definition) is 1. The van der Waals surface area contributed by atoms with Crippen LogP contribution in [0.25, 0.3) is 0 Å². The van der Waals surface area contributed by atoms with E-state index in [1.165, 1.54) is 5.56 Å². The van der Waals surface area contributed by atoms with E-state index in [4.69, 9.17) is 4.74 Å². The average Bonchev–Trinajstić information content (AvgIpc) is 2.60. The summed E-state index contributed by atoms with van der Waals surface area (Å²) in [5, 5.41) is 2.83. The van der Waals surface area contributed by atoms with Crippen LogP contribution in [0.2, 0.25) is 0 Å². The van der Waals surface area contributed by atoms with E-state index < -0.39 is 0 Å². The maximum absolute atomic E-state index is 12.0. The molecule has 2 rings (SSSR count). The van der Waals surface area contributed by atoms with Crippen molar-refractivity contribution in [3.63, 3.8) is 0 Å². The zero-order valence-electron chi connectivity index (χ0n) is 14.9. The van der Waals surface area contributed by atoms with Crippen LogP contribution in [-0.4, -0.2) is 26.6 Å². The number of nitrogens with one attached hydrogen (secondary N) is 1. The van der Waals surface area contributed by atoms with Gasteiger partial charge < -0.3 is 15.0 Å². The van der Waals surface area contributed by atoms with E-state index in [1.54, 1.807) is 0 Å². The number of benzene rings is 2. The molecule has 2 aromatic carbocycles. The summed E-state index contributed by atoms with van der Waals surface area (Å²) in [6.45, 7) is 4.37. The van der Waals surface area contributed by atoms with Crippen molar-refractivity contribution in [1.82, 2.24) is 0 Å². The van der Waals surface area contributed by atoms with E-state index in [2.05, 4.69) is 31.3 Å². The van der Waals surface area contributed by atoms with Gasteiger partial charge in [-0.2, -0.15) is 0 Å². The molecular formula is C20H26N2O2. The summed E-state index contributed by atoms with van der Waals surface area (Å²) in [5.41, 5.74) is 3.14. The van der Waals surface area contributed by atoms with Crippen molar-refractivity contribution in [1.29, 1.82) is 0 Å². The first kappa shape index (κ1) is 17.9. The number of anilines is 2. The van der Waals surface area contributed by atoms with Crippen molar-refractivity contribution in [2.24, 2.45) is 0 Å². The Morgan fingerprint density at radius 1 is 1.08 bits per heavy atom. The highest BCUT2D eigenvalue weighted by Gasteiger charge is 2.06. The molecule has 0 radical (unpaired) electrons. The van der Waals surface area contributed by atoms with Crippen LogP contribution in [0.4, 0.5) is 11.4 Å². The Kier molecular flexibility index (Phi) is 6.24. The third kappa shape index (κ3) is 5.01. The lowest BCUT2D eigenvalue weighted by atomic mass is 9.99. The van der Waals surface area contributed by atoms with Gasteiger partial charge in [0, 0.05) is 25.5 Å². The van der Waals surface area contributed by atoms with Crippen LogP contribution >= 0.6 is 0 Å². The summed E-state index contributed by atoms with van der Waals surface area (Å²) in [6.07, 6.45) is 1.11. The minimum atomic E-state index is -0.168. The third-order valence-electron chi connectivity index (χ3n) is 4.10. The molecule has 1 N–H and O–H groups in total. The van der Waals surface area contributed by atoms with Gasteiger partial charge in [-0.1, -0.05) is 26.0 Å². The molecule has 0 spiro atoms. The molecule has 4 heteroatoms. The SMILES string of the molecule is CCC(C)c1ccc(OCC(=O)Nc2ccc(N(C)C)cc2)cc1. The number of hydrogen-bond acceptors (Lipinski definition) is 3. The maximum atomic E-state index is 12.0. The van der Waals surface area contributed by atoms with Gasteiger partial charge in [-0.05, 0) is 54.3 Å². The fourth-order valence-corrected chi connectivity index (χ4v) is 2.32. The minimum absolute atomic E-state index is 0.00188. The highest BCUT2D eigenvalue weighted by Crippen LogP contribution is 2.21. The monoisotopic (exact) mass is 326 g/mol. The molecular weight excluding hydrogens is 300 g/mol. The minimum Gasteiger partial charge on any atom is -0.484 e. The van der Waals surface area contributed by atoms with Crippen LogP contribution in [0.1, 0.15) is 31.7 Å². The summed E-state index contributed by atoms with van der Waals surface area (Å²) in [5.74, 6) is 1.08. The summed E-state index contributed by atoms with van der Waals surface area (Å²) >= 11 is 0. The fraction of sp³-hybridized carbons (Fsp3) is 0.350. The van der Waals surface area contributed by atoms with E-state index in [0.29, 0.717) is 11.7 Å². The van der Waals surface area contributed by atoms with Gasteiger partial charge in [0.05, 0.1) is 0 Å². The first-order valence-corrected chi connectivity index (χ1v) is 8.29. The van der Waals surface area contributed by atoms with E-state index in [9.17, 15) is 4.79 Å². The van der Waals surface area contributed by atoms with Crippen LogP contribution < -0.4 is 15.0 Å². The molecule has 1 amide bonds. The smallest absolute Gasteiger partial charge is 0.262 e. The van der Waals surface area contributed by atoms with Gasteiger partial charge in [0.2, 0.25) is 0 Å². The van der Waals surface area contributed by atoms with Gasteiger partial charge in [-0.15, -0.1) is 0 Å². The lowest BCUT2D eigenvalue weighted by molar-refractivity contribution is -0.118. The second-order valence-corrected chi connectivity index (χ2v) is 6.16. The summed E-state index contributed by atoms with van der Waals surface area (Å²) < 4.78 is 5.55. The van der Waals surface area contributed by atoms with Gasteiger partial charge in [-0.25, -0.2) is 0 Å². The van der Waals surface area contributed by atoms with Crippen LogP contribution in [0, 0.1) is 0 Å². The molecule has 4 nitrogen and oxygen atoms in total. The first-order valence-electron chi connectivity index (χ1n) is 8.29. The van der Waals surface area contributed by atoms with E-state index >= 15 is 0 Å². The number of carbonyl (C=O) groups excluding carboxylic acids is 1. The second kappa shape index (κ2) is 8.39. The van der Waals surface area contributed by atoms with Crippen LogP contribution in [-0.2, 0) is 4.79 Å². The molecule has 0 bridgehead atoms. The van der Waals surface area contributed by atoms with Crippen LogP contribution in [0.5, 0.6) is 5.75 Å². The Balaban J connectivity index is 1.84. The maximum Gasteiger partial charge on any atom is 0.262 e. The van der Waals surface area contributed by atoms with Gasteiger partial charge >= 0.3 is 0 Å². The number of carbonyl (C=O) groups is 1. The molecule has 0 aliphatic carbocycles. The standard InChI is InChI=1S/C20H26N2O2/c1-5-15(2)16-6-12-19(13-7-16)24-14-20(23)21-17-8-10-18(11-9-17)22(3)4/h6-13,15H,5,14H2,1-4H3,(H,21,23). The normalized spacial score (nSPS) is 11.7. The Labute approximate surface area is 144 Å². The quantitative estimate of drug-likeness (QED) is 0.825. The van der Waals surface area contributed by atoms with E-state index in [-0.39, 0.29) is 12.5 Å². The zero-order valence-corrected chi connectivity index (χ0v) is 14.9. The predicted octanol–water partition coefficient (Wildman–Crippen LogP) is 4.28. The van der Waals surface area contributed by atoms with Crippen molar-refractivity contribution >= 4 is 17.3 Å². The third-order valence-corrected chi connectivity index (χ3v) is 4.10. The molecule has 128 valence electrons. The first-order chi connectivity index (χ1) is 11.5. The van der Waals surface area contributed by atoms with Crippen molar-refractivity contribution in [3.05, 3.63) is 54.1 Å². The number of rotatable bonds is 7. The topological polar surface area (TPSA) is 41.6 Å². The molecule has 0 aliphatic heterocycles. The summed E-state index contributed by atoms with van der Waals surface area (Å²) in [7, 11) is 3.96. The van der Waals surface area contributed by atoms with Crippen molar-refractivity contribution in [3.8, 4) is 5.75 Å². The molecule has 0 saturated heterocycles. The molecule has 2 aromatic rings. The Hall–Kier alpha value is -2.49. The molecule has 0 heterocycles. The van der Waals surface area contributed by atoms with Crippen LogP contribution in [0.15, 0.2) is 48.5 Å². The molecule has 1 atom stereocenters. The molecule has 1 unspecified atom stereocenters. The predicted molar refractivity (Wildman–Crippen MR) is 100 cm³/mol.